The first-order valence-corrected chi connectivity index (χ1v) is 12.7. The third-order valence-corrected chi connectivity index (χ3v) is 7.11. The number of nitriles is 1. The highest BCUT2D eigenvalue weighted by Gasteiger charge is 2.18. The van der Waals surface area contributed by atoms with E-state index in [1.54, 1.807) is 24.5 Å². The van der Waals surface area contributed by atoms with E-state index in [9.17, 15) is 8.42 Å². The lowest BCUT2D eigenvalue weighted by atomic mass is 10.0. The van der Waals surface area contributed by atoms with Gasteiger partial charge in [-0.15, -0.1) is 24.8 Å². The number of sulfonamides is 1. The number of nitrogens with zero attached hydrogens (tertiary/aromatic N) is 2. The SMILES string of the molecule is Cl.Cl.N#Cc1ccc(CCCNCCNS(=O)(=O)c2cc(-c3ccccc3)cc3cnccc23)cc1. The van der Waals surface area contributed by atoms with Crippen molar-refractivity contribution in [3.05, 3.63) is 96.3 Å². The number of aryl methyl sites for hydroxylation is 1. The van der Waals surface area contributed by atoms with Gasteiger partial charge in [0.1, 0.15) is 0 Å². The zero-order valence-electron chi connectivity index (χ0n) is 19.6. The fourth-order valence-corrected chi connectivity index (χ4v) is 5.12. The predicted octanol–water partition coefficient (Wildman–Crippen LogP) is 5.12. The molecule has 1 aromatic heterocycles. The van der Waals surface area contributed by atoms with E-state index in [-0.39, 0.29) is 29.7 Å². The highest BCUT2D eigenvalue weighted by Crippen LogP contribution is 2.30. The van der Waals surface area contributed by atoms with Crippen LogP contribution in [0.3, 0.4) is 0 Å². The van der Waals surface area contributed by atoms with Gasteiger partial charge in [0.15, 0.2) is 0 Å². The Labute approximate surface area is 224 Å². The van der Waals surface area contributed by atoms with E-state index >= 15 is 0 Å². The molecule has 0 amide bonds. The minimum Gasteiger partial charge on any atom is -0.315 e. The van der Waals surface area contributed by atoms with E-state index in [1.807, 2.05) is 60.7 Å². The van der Waals surface area contributed by atoms with E-state index in [1.165, 1.54) is 5.56 Å². The molecule has 0 saturated carbocycles. The average molecular weight is 544 g/mol. The maximum absolute atomic E-state index is 13.2. The van der Waals surface area contributed by atoms with Crippen molar-refractivity contribution < 1.29 is 8.42 Å². The standard InChI is InChI=1S/C27H26N4O2S.2ClH/c28-19-22-10-8-21(9-11-22)5-4-13-29-15-16-31-34(32,33)27-18-24(23-6-2-1-3-7-23)17-25-20-30-14-12-26(25)27;;/h1-3,6-12,14,17-18,20,29,31H,4-5,13,15-16H2;2*1H. The molecular weight excluding hydrogens is 515 g/mol. The van der Waals surface area contributed by atoms with Crippen molar-refractivity contribution in [2.24, 2.45) is 0 Å². The van der Waals surface area contributed by atoms with Crippen molar-refractivity contribution in [2.45, 2.75) is 17.7 Å². The molecule has 0 aliphatic carbocycles. The number of rotatable bonds is 10. The number of halogens is 2. The number of pyridine rings is 1. The molecule has 0 atom stereocenters. The maximum Gasteiger partial charge on any atom is 0.241 e. The zero-order chi connectivity index (χ0) is 23.8. The van der Waals surface area contributed by atoms with E-state index in [0.717, 1.165) is 35.9 Å². The van der Waals surface area contributed by atoms with Gasteiger partial charge in [0, 0.05) is 36.3 Å². The van der Waals surface area contributed by atoms with Crippen LogP contribution in [-0.4, -0.2) is 33.0 Å². The van der Waals surface area contributed by atoms with Gasteiger partial charge in [-0.2, -0.15) is 5.26 Å². The molecule has 2 N–H and O–H groups in total. The second-order valence-electron chi connectivity index (χ2n) is 8.00. The zero-order valence-corrected chi connectivity index (χ0v) is 22.0. The monoisotopic (exact) mass is 542 g/mol. The first kappa shape index (κ1) is 29.2. The Bertz CT molecular complexity index is 1410. The number of hydrogen-bond donors (Lipinski definition) is 2. The summed E-state index contributed by atoms with van der Waals surface area (Å²) in [6.07, 6.45) is 5.13. The molecule has 0 aliphatic heterocycles. The lowest BCUT2D eigenvalue weighted by Crippen LogP contribution is -2.32. The minimum absolute atomic E-state index is 0. The molecular formula is C27H28Cl2N4O2S. The summed E-state index contributed by atoms with van der Waals surface area (Å²) in [5.74, 6) is 0. The van der Waals surface area contributed by atoms with Crippen LogP contribution in [0.15, 0.2) is 90.1 Å². The third kappa shape index (κ3) is 7.50. The van der Waals surface area contributed by atoms with Crippen LogP contribution in [0.1, 0.15) is 17.5 Å². The Balaban J connectivity index is 0.00000228. The Kier molecular flexibility index (Phi) is 11.3. The van der Waals surface area contributed by atoms with E-state index in [0.29, 0.717) is 24.0 Å². The number of hydrogen-bond acceptors (Lipinski definition) is 5. The topological polar surface area (TPSA) is 94.9 Å². The van der Waals surface area contributed by atoms with Crippen molar-refractivity contribution in [3.8, 4) is 17.2 Å². The molecule has 9 heteroatoms. The summed E-state index contributed by atoms with van der Waals surface area (Å²) in [6.45, 7) is 1.60. The molecule has 0 fully saturated rings. The molecule has 3 aromatic carbocycles. The molecule has 0 saturated heterocycles. The average Bonchev–Trinajstić information content (AvgIpc) is 2.88. The lowest BCUT2D eigenvalue weighted by Gasteiger charge is -2.13. The Hall–Kier alpha value is -2.99. The Morgan fingerprint density at radius 2 is 1.61 bits per heavy atom. The first-order chi connectivity index (χ1) is 16.6. The fourth-order valence-electron chi connectivity index (χ4n) is 3.83. The lowest BCUT2D eigenvalue weighted by molar-refractivity contribution is 0.575. The molecule has 0 radical (unpaired) electrons. The van der Waals surface area contributed by atoms with E-state index < -0.39 is 10.0 Å². The van der Waals surface area contributed by atoms with Gasteiger partial charge in [-0.3, -0.25) is 4.98 Å². The second kappa shape index (κ2) is 13.9. The van der Waals surface area contributed by atoms with Crippen LogP contribution in [0.5, 0.6) is 0 Å². The van der Waals surface area contributed by atoms with Crippen LogP contribution in [0, 0.1) is 11.3 Å². The van der Waals surface area contributed by atoms with Crippen LogP contribution in [0.4, 0.5) is 0 Å². The Morgan fingerprint density at radius 1 is 0.861 bits per heavy atom. The summed E-state index contributed by atoms with van der Waals surface area (Å²) in [5, 5.41) is 13.6. The van der Waals surface area contributed by atoms with Gasteiger partial charge in [-0.1, -0.05) is 42.5 Å². The van der Waals surface area contributed by atoms with E-state index in [2.05, 4.69) is 21.1 Å². The first-order valence-electron chi connectivity index (χ1n) is 11.2. The number of aromatic nitrogens is 1. The molecule has 4 rings (SSSR count). The molecule has 0 bridgehead atoms. The molecule has 0 aliphatic rings. The summed E-state index contributed by atoms with van der Waals surface area (Å²) in [7, 11) is -3.70. The highest BCUT2D eigenvalue weighted by molar-refractivity contribution is 7.89. The fraction of sp³-hybridized carbons (Fsp3) is 0.185. The van der Waals surface area contributed by atoms with Crippen molar-refractivity contribution >= 4 is 45.6 Å². The van der Waals surface area contributed by atoms with Crippen molar-refractivity contribution in [3.63, 3.8) is 0 Å². The molecule has 36 heavy (non-hydrogen) atoms. The quantitative estimate of drug-likeness (QED) is 0.271. The molecule has 1 heterocycles. The normalized spacial score (nSPS) is 10.8. The van der Waals surface area contributed by atoms with Gasteiger partial charge >= 0.3 is 0 Å². The van der Waals surface area contributed by atoms with Crippen LogP contribution >= 0.6 is 24.8 Å². The van der Waals surface area contributed by atoms with Gasteiger partial charge in [0.2, 0.25) is 10.0 Å². The van der Waals surface area contributed by atoms with Crippen molar-refractivity contribution in [1.29, 1.82) is 5.26 Å². The summed E-state index contributed by atoms with van der Waals surface area (Å²) in [5.41, 5.74) is 3.63. The molecule has 6 nitrogen and oxygen atoms in total. The van der Waals surface area contributed by atoms with Crippen LogP contribution in [0.25, 0.3) is 21.9 Å². The van der Waals surface area contributed by atoms with Gasteiger partial charge < -0.3 is 5.32 Å². The molecule has 0 unspecified atom stereocenters. The molecule has 0 spiro atoms. The third-order valence-electron chi connectivity index (χ3n) is 5.61. The summed E-state index contributed by atoms with van der Waals surface area (Å²) in [6, 6.07) is 24.9. The molecule has 188 valence electrons. The maximum atomic E-state index is 13.2. The van der Waals surface area contributed by atoms with Gasteiger partial charge in [-0.05, 0) is 66.4 Å². The second-order valence-corrected chi connectivity index (χ2v) is 9.73. The van der Waals surface area contributed by atoms with Crippen LogP contribution in [-0.2, 0) is 16.4 Å². The van der Waals surface area contributed by atoms with Gasteiger partial charge in [0.05, 0.1) is 16.5 Å². The van der Waals surface area contributed by atoms with E-state index in [4.69, 9.17) is 5.26 Å². The summed E-state index contributed by atoms with van der Waals surface area (Å²) < 4.78 is 29.1. The number of benzene rings is 3. The number of fused-ring (bicyclic) bond motifs is 1. The molecule has 4 aromatic rings. The summed E-state index contributed by atoms with van der Waals surface area (Å²) in [4.78, 5) is 4.42. The smallest absolute Gasteiger partial charge is 0.241 e. The summed E-state index contributed by atoms with van der Waals surface area (Å²) >= 11 is 0. The van der Waals surface area contributed by atoms with Crippen molar-refractivity contribution in [1.82, 2.24) is 15.0 Å². The highest BCUT2D eigenvalue weighted by atomic mass is 35.5. The predicted molar refractivity (Wildman–Crippen MR) is 149 cm³/mol. The largest absolute Gasteiger partial charge is 0.315 e. The van der Waals surface area contributed by atoms with Gasteiger partial charge in [-0.25, -0.2) is 13.1 Å². The van der Waals surface area contributed by atoms with Crippen molar-refractivity contribution in [2.75, 3.05) is 19.6 Å². The van der Waals surface area contributed by atoms with Gasteiger partial charge in [0.25, 0.3) is 0 Å². The van der Waals surface area contributed by atoms with Crippen LogP contribution in [0.2, 0.25) is 0 Å². The Morgan fingerprint density at radius 3 is 2.33 bits per heavy atom. The number of nitrogens with one attached hydrogen (secondary N) is 2. The van der Waals surface area contributed by atoms with Crippen LogP contribution < -0.4 is 10.0 Å². The minimum atomic E-state index is -3.70.